The number of hydrogen-bond donors (Lipinski definition) is 1. The van der Waals surface area contributed by atoms with Crippen LogP contribution in [0.25, 0.3) is 10.9 Å². The van der Waals surface area contributed by atoms with Crippen LogP contribution in [0.1, 0.15) is 11.1 Å². The Morgan fingerprint density at radius 2 is 1.79 bits per heavy atom. The number of halogens is 7. The average molecular weight is 591 g/mol. The topological polar surface area (TPSA) is 60.3 Å². The van der Waals surface area contributed by atoms with Crippen molar-refractivity contribution in [2.75, 3.05) is 13.2 Å². The summed E-state index contributed by atoms with van der Waals surface area (Å²) < 4.78 is 111. The molecule has 0 aliphatic carbocycles. The lowest BCUT2D eigenvalue weighted by Gasteiger charge is -2.16. The van der Waals surface area contributed by atoms with Gasteiger partial charge in [-0.3, -0.25) is 0 Å². The van der Waals surface area contributed by atoms with E-state index in [2.05, 4.69) is 5.32 Å². The number of fused-ring (bicyclic) bond motifs is 1. The first-order valence-electron chi connectivity index (χ1n) is 11.5. The predicted molar refractivity (Wildman–Crippen MR) is 134 cm³/mol. The van der Waals surface area contributed by atoms with Crippen molar-refractivity contribution in [2.24, 2.45) is 0 Å². The Labute approximate surface area is 225 Å². The highest BCUT2D eigenvalue weighted by atomic mass is 35.5. The molecule has 4 rings (SSSR count). The molecule has 0 saturated heterocycles. The van der Waals surface area contributed by atoms with Crippen LogP contribution in [0.3, 0.4) is 0 Å². The smallest absolute Gasteiger partial charge is 0.340 e. The molecule has 0 fully saturated rings. The fourth-order valence-electron chi connectivity index (χ4n) is 3.83. The summed E-state index contributed by atoms with van der Waals surface area (Å²) in [5.74, 6) is -5.70. The molecule has 208 valence electrons. The van der Waals surface area contributed by atoms with Crippen LogP contribution in [0.2, 0.25) is 5.02 Å². The average Bonchev–Trinajstić information content (AvgIpc) is 3.25. The van der Waals surface area contributed by atoms with E-state index >= 15 is 0 Å². The maximum absolute atomic E-state index is 14.0. The number of ether oxygens (including phenoxy) is 1. The van der Waals surface area contributed by atoms with Crippen molar-refractivity contribution < 1.29 is 39.5 Å². The highest BCUT2D eigenvalue weighted by Gasteiger charge is 2.41. The van der Waals surface area contributed by atoms with Crippen LogP contribution in [0.15, 0.2) is 71.8 Å². The molecule has 0 atom stereocenters. The lowest BCUT2D eigenvalue weighted by Crippen LogP contribution is -2.33. The summed E-state index contributed by atoms with van der Waals surface area (Å²) in [4.78, 5) is -0.270. The molecule has 3 aromatic carbocycles. The molecule has 4 aromatic rings. The van der Waals surface area contributed by atoms with Gasteiger partial charge in [-0.15, -0.1) is 0 Å². The summed E-state index contributed by atoms with van der Waals surface area (Å²) in [7, 11) is -4.24. The van der Waals surface area contributed by atoms with Crippen molar-refractivity contribution in [3.8, 4) is 5.75 Å². The minimum Gasteiger partial charge on any atom is -0.487 e. The standard InChI is InChI=1S/C26H21ClF6N2O3S/c27-22-12-20(5-7-23(22)29)39(36,37)35-14-17(21-6-4-18(28)11-24(21)35)8-9-34-13-16-2-1-3-19(10-16)38-15-26(32,33)25(30)31/h1-7,10-12,14,25,34H,8-9,13,15H2. The largest absolute Gasteiger partial charge is 0.487 e. The van der Waals surface area contributed by atoms with Crippen LogP contribution in [-0.2, 0) is 23.0 Å². The Balaban J connectivity index is 1.47. The van der Waals surface area contributed by atoms with Crippen molar-refractivity contribution in [3.63, 3.8) is 0 Å². The summed E-state index contributed by atoms with van der Waals surface area (Å²) >= 11 is 5.76. The molecule has 0 radical (unpaired) electrons. The second kappa shape index (κ2) is 11.5. The Morgan fingerprint density at radius 3 is 2.51 bits per heavy atom. The molecule has 0 bridgehead atoms. The van der Waals surface area contributed by atoms with E-state index in [0.717, 1.165) is 28.2 Å². The van der Waals surface area contributed by atoms with Crippen molar-refractivity contribution in [2.45, 2.75) is 30.2 Å². The van der Waals surface area contributed by atoms with Crippen LogP contribution in [-0.4, -0.2) is 37.9 Å². The van der Waals surface area contributed by atoms with Gasteiger partial charge in [-0.2, -0.15) is 8.78 Å². The molecule has 13 heteroatoms. The Morgan fingerprint density at radius 1 is 1.03 bits per heavy atom. The van der Waals surface area contributed by atoms with Crippen molar-refractivity contribution in [1.29, 1.82) is 0 Å². The predicted octanol–water partition coefficient (Wildman–Crippen LogP) is 6.42. The number of alkyl halides is 4. The second-order valence-electron chi connectivity index (χ2n) is 8.62. The van der Waals surface area contributed by atoms with Crippen molar-refractivity contribution in [3.05, 3.63) is 94.6 Å². The van der Waals surface area contributed by atoms with E-state index in [4.69, 9.17) is 16.3 Å². The van der Waals surface area contributed by atoms with E-state index in [0.29, 0.717) is 29.5 Å². The van der Waals surface area contributed by atoms with Gasteiger partial charge >= 0.3 is 12.3 Å². The molecular formula is C26H21ClF6N2O3S. The molecule has 1 N–H and O–H groups in total. The van der Waals surface area contributed by atoms with Gasteiger partial charge in [-0.25, -0.2) is 30.0 Å². The first-order valence-corrected chi connectivity index (χ1v) is 13.3. The summed E-state index contributed by atoms with van der Waals surface area (Å²) in [6.45, 7) is -0.852. The van der Waals surface area contributed by atoms with Crippen LogP contribution in [0.4, 0.5) is 26.3 Å². The van der Waals surface area contributed by atoms with Crippen LogP contribution < -0.4 is 10.1 Å². The minimum absolute atomic E-state index is 0.00539. The highest BCUT2D eigenvalue weighted by molar-refractivity contribution is 7.90. The number of aromatic nitrogens is 1. The number of rotatable bonds is 11. The second-order valence-corrected chi connectivity index (χ2v) is 10.8. The Bertz CT molecular complexity index is 1590. The molecule has 0 amide bonds. The zero-order valence-corrected chi connectivity index (χ0v) is 21.6. The van der Waals surface area contributed by atoms with Crippen LogP contribution in [0, 0.1) is 11.6 Å². The molecule has 39 heavy (non-hydrogen) atoms. The first-order chi connectivity index (χ1) is 18.4. The van der Waals surface area contributed by atoms with E-state index in [-0.39, 0.29) is 27.7 Å². The third kappa shape index (κ3) is 6.51. The van der Waals surface area contributed by atoms with Crippen molar-refractivity contribution >= 4 is 32.5 Å². The van der Waals surface area contributed by atoms with Crippen LogP contribution >= 0.6 is 11.6 Å². The summed E-state index contributed by atoms with van der Waals surface area (Å²) in [6.07, 6.45) is -2.16. The number of nitrogens with one attached hydrogen (secondary N) is 1. The molecular weight excluding hydrogens is 570 g/mol. The lowest BCUT2D eigenvalue weighted by atomic mass is 10.1. The van der Waals surface area contributed by atoms with Crippen molar-refractivity contribution in [1.82, 2.24) is 9.29 Å². The normalized spacial score (nSPS) is 12.4. The van der Waals surface area contributed by atoms with E-state index in [9.17, 15) is 34.8 Å². The molecule has 0 spiro atoms. The zero-order chi connectivity index (χ0) is 28.4. The molecule has 5 nitrogen and oxygen atoms in total. The third-order valence-electron chi connectivity index (χ3n) is 5.81. The lowest BCUT2D eigenvalue weighted by molar-refractivity contribution is -0.148. The molecule has 0 aliphatic heterocycles. The third-order valence-corrected chi connectivity index (χ3v) is 7.77. The van der Waals surface area contributed by atoms with Gasteiger partial charge in [0.05, 0.1) is 15.4 Å². The molecule has 0 aliphatic rings. The summed E-state index contributed by atoms with van der Waals surface area (Å²) in [5.41, 5.74) is 1.31. The highest BCUT2D eigenvalue weighted by Crippen LogP contribution is 2.29. The van der Waals surface area contributed by atoms with Gasteiger partial charge in [0.25, 0.3) is 10.0 Å². The fraction of sp³-hybridized carbons (Fsp3) is 0.231. The van der Waals surface area contributed by atoms with E-state index in [1.165, 1.54) is 36.5 Å². The molecule has 0 unspecified atom stereocenters. The minimum atomic E-state index is -4.27. The maximum atomic E-state index is 14.0. The van der Waals surface area contributed by atoms with Gasteiger partial charge in [0.2, 0.25) is 0 Å². The zero-order valence-electron chi connectivity index (χ0n) is 20.0. The quantitative estimate of drug-likeness (QED) is 0.162. The van der Waals surface area contributed by atoms with Gasteiger partial charge in [0.1, 0.15) is 17.4 Å². The molecule has 1 heterocycles. The summed E-state index contributed by atoms with van der Waals surface area (Å²) in [5, 5.41) is 3.24. The van der Waals surface area contributed by atoms with Gasteiger partial charge in [0, 0.05) is 18.1 Å². The Hall–Kier alpha value is -3.22. The number of benzene rings is 3. The molecule has 0 saturated carbocycles. The fourth-order valence-corrected chi connectivity index (χ4v) is 5.49. The number of nitrogens with zero attached hydrogens (tertiary/aromatic N) is 1. The first kappa shape index (κ1) is 28.8. The van der Waals surface area contributed by atoms with Gasteiger partial charge in [-0.1, -0.05) is 23.7 Å². The number of hydrogen-bond acceptors (Lipinski definition) is 4. The van der Waals surface area contributed by atoms with E-state index in [1.807, 2.05) is 0 Å². The van der Waals surface area contributed by atoms with Crippen LogP contribution in [0.5, 0.6) is 5.75 Å². The summed E-state index contributed by atoms with van der Waals surface area (Å²) in [6, 6.07) is 12.7. The SMILES string of the molecule is O=S(=O)(c1ccc(F)c(Cl)c1)n1cc(CCNCc2cccc(OCC(F)(F)C(F)F)c2)c2ccc(F)cc21. The maximum Gasteiger partial charge on any atom is 0.340 e. The monoisotopic (exact) mass is 590 g/mol. The Kier molecular flexibility index (Phi) is 8.48. The van der Waals surface area contributed by atoms with Gasteiger partial charge in [0.15, 0.2) is 6.61 Å². The van der Waals surface area contributed by atoms with Gasteiger partial charge < -0.3 is 10.1 Å². The van der Waals surface area contributed by atoms with Gasteiger partial charge in [-0.05, 0) is 72.6 Å². The van der Waals surface area contributed by atoms with E-state index < -0.39 is 40.6 Å². The molecule has 1 aromatic heterocycles. The van der Waals surface area contributed by atoms with E-state index in [1.54, 1.807) is 6.07 Å².